The number of rotatable bonds is 6. The Balaban J connectivity index is 1.62. The average Bonchev–Trinajstić information content (AvgIpc) is 3.02. The highest BCUT2D eigenvalue weighted by molar-refractivity contribution is 5.76. The SMILES string of the molecule is C[C@@H](NC(=O)CCCn1cccc1)[C@H]1CCOC1. The summed E-state index contributed by atoms with van der Waals surface area (Å²) >= 11 is 0. The lowest BCUT2D eigenvalue weighted by Crippen LogP contribution is -2.38. The monoisotopic (exact) mass is 250 g/mol. The summed E-state index contributed by atoms with van der Waals surface area (Å²) in [6.07, 6.45) is 6.59. The van der Waals surface area contributed by atoms with Crippen LogP contribution in [0.3, 0.4) is 0 Å². The van der Waals surface area contributed by atoms with E-state index in [4.69, 9.17) is 4.74 Å². The maximum absolute atomic E-state index is 11.8. The van der Waals surface area contributed by atoms with Gasteiger partial charge in [0, 0.05) is 43.9 Å². The van der Waals surface area contributed by atoms with Crippen LogP contribution in [-0.4, -0.2) is 29.7 Å². The molecule has 100 valence electrons. The molecule has 4 nitrogen and oxygen atoms in total. The van der Waals surface area contributed by atoms with E-state index in [0.717, 1.165) is 32.6 Å². The highest BCUT2D eigenvalue weighted by Gasteiger charge is 2.23. The fraction of sp³-hybridized carbons (Fsp3) is 0.643. The predicted molar refractivity (Wildman–Crippen MR) is 70.2 cm³/mol. The van der Waals surface area contributed by atoms with Crippen LogP contribution in [0.25, 0.3) is 0 Å². The quantitative estimate of drug-likeness (QED) is 0.836. The van der Waals surface area contributed by atoms with Crippen LogP contribution in [0.2, 0.25) is 0 Å². The molecular formula is C14H22N2O2. The first-order chi connectivity index (χ1) is 8.75. The van der Waals surface area contributed by atoms with Crippen molar-refractivity contribution in [2.24, 2.45) is 5.92 Å². The number of amides is 1. The molecule has 2 rings (SSSR count). The third kappa shape index (κ3) is 3.88. The van der Waals surface area contributed by atoms with Gasteiger partial charge in [0.1, 0.15) is 0 Å². The number of hydrogen-bond donors (Lipinski definition) is 1. The summed E-state index contributed by atoms with van der Waals surface area (Å²) in [7, 11) is 0. The molecule has 1 aromatic heterocycles. The van der Waals surface area contributed by atoms with E-state index in [1.807, 2.05) is 24.5 Å². The molecule has 1 aliphatic rings. The van der Waals surface area contributed by atoms with Crippen LogP contribution in [-0.2, 0) is 16.1 Å². The van der Waals surface area contributed by atoms with Gasteiger partial charge in [-0.1, -0.05) is 0 Å². The molecule has 0 aliphatic carbocycles. The Labute approximate surface area is 108 Å². The van der Waals surface area contributed by atoms with Crippen molar-refractivity contribution >= 4 is 5.91 Å². The molecule has 1 aromatic rings. The maximum atomic E-state index is 11.8. The number of carbonyl (C=O) groups is 1. The second-order valence-corrected chi connectivity index (χ2v) is 5.00. The second-order valence-electron chi connectivity index (χ2n) is 5.00. The van der Waals surface area contributed by atoms with E-state index < -0.39 is 0 Å². The summed E-state index contributed by atoms with van der Waals surface area (Å²) in [5, 5.41) is 3.07. The minimum absolute atomic E-state index is 0.154. The number of aryl methyl sites for hydroxylation is 1. The zero-order valence-electron chi connectivity index (χ0n) is 11.0. The zero-order valence-corrected chi connectivity index (χ0v) is 11.0. The summed E-state index contributed by atoms with van der Waals surface area (Å²) in [5.41, 5.74) is 0. The molecule has 2 heterocycles. The Morgan fingerprint density at radius 2 is 2.28 bits per heavy atom. The van der Waals surface area contributed by atoms with Crippen molar-refractivity contribution in [2.75, 3.05) is 13.2 Å². The molecule has 1 saturated heterocycles. The molecule has 0 bridgehead atoms. The predicted octanol–water partition coefficient (Wildman–Crippen LogP) is 1.81. The van der Waals surface area contributed by atoms with Crippen LogP contribution in [0.5, 0.6) is 0 Å². The fourth-order valence-electron chi connectivity index (χ4n) is 2.33. The van der Waals surface area contributed by atoms with Gasteiger partial charge in [-0.15, -0.1) is 0 Å². The van der Waals surface area contributed by atoms with Crippen LogP contribution >= 0.6 is 0 Å². The van der Waals surface area contributed by atoms with E-state index in [-0.39, 0.29) is 11.9 Å². The van der Waals surface area contributed by atoms with Crippen molar-refractivity contribution in [3.8, 4) is 0 Å². The van der Waals surface area contributed by atoms with Crippen molar-refractivity contribution in [3.63, 3.8) is 0 Å². The van der Waals surface area contributed by atoms with E-state index in [1.165, 1.54) is 0 Å². The normalized spacial score (nSPS) is 20.8. The van der Waals surface area contributed by atoms with E-state index in [2.05, 4.69) is 16.8 Å². The van der Waals surface area contributed by atoms with E-state index in [1.54, 1.807) is 0 Å². The Bertz CT molecular complexity index is 356. The molecule has 0 radical (unpaired) electrons. The minimum atomic E-state index is 0.154. The first-order valence-electron chi connectivity index (χ1n) is 6.73. The molecule has 1 amide bonds. The molecule has 0 saturated carbocycles. The molecule has 18 heavy (non-hydrogen) atoms. The van der Waals surface area contributed by atoms with Crippen LogP contribution < -0.4 is 5.32 Å². The van der Waals surface area contributed by atoms with Gasteiger partial charge in [-0.2, -0.15) is 0 Å². The first-order valence-corrected chi connectivity index (χ1v) is 6.73. The van der Waals surface area contributed by atoms with Gasteiger partial charge in [0.05, 0.1) is 6.61 Å². The lowest BCUT2D eigenvalue weighted by molar-refractivity contribution is -0.122. The van der Waals surface area contributed by atoms with Crippen molar-refractivity contribution < 1.29 is 9.53 Å². The number of nitrogens with zero attached hydrogens (tertiary/aromatic N) is 1. The van der Waals surface area contributed by atoms with Crippen LogP contribution in [0.15, 0.2) is 24.5 Å². The van der Waals surface area contributed by atoms with Crippen molar-refractivity contribution in [1.82, 2.24) is 9.88 Å². The van der Waals surface area contributed by atoms with E-state index in [9.17, 15) is 4.79 Å². The fourth-order valence-corrected chi connectivity index (χ4v) is 2.33. The minimum Gasteiger partial charge on any atom is -0.381 e. The lowest BCUT2D eigenvalue weighted by Gasteiger charge is -2.19. The van der Waals surface area contributed by atoms with Crippen molar-refractivity contribution in [1.29, 1.82) is 0 Å². The summed E-state index contributed by atoms with van der Waals surface area (Å²) in [5.74, 6) is 0.639. The number of carbonyl (C=O) groups excluding carboxylic acids is 1. The van der Waals surface area contributed by atoms with Gasteiger partial charge in [-0.05, 0) is 31.9 Å². The Kier molecular flexibility index (Phi) is 4.81. The van der Waals surface area contributed by atoms with Gasteiger partial charge in [0.15, 0.2) is 0 Å². The number of aromatic nitrogens is 1. The van der Waals surface area contributed by atoms with Crippen molar-refractivity contribution in [3.05, 3.63) is 24.5 Å². The highest BCUT2D eigenvalue weighted by atomic mass is 16.5. The molecule has 4 heteroatoms. The summed E-state index contributed by atoms with van der Waals surface area (Å²) < 4.78 is 7.43. The molecule has 0 unspecified atom stereocenters. The number of hydrogen-bond acceptors (Lipinski definition) is 2. The van der Waals surface area contributed by atoms with Gasteiger partial charge in [0.2, 0.25) is 5.91 Å². The topological polar surface area (TPSA) is 43.3 Å². The molecular weight excluding hydrogens is 228 g/mol. The first kappa shape index (κ1) is 13.1. The Morgan fingerprint density at radius 1 is 1.50 bits per heavy atom. The average molecular weight is 250 g/mol. The third-order valence-electron chi connectivity index (χ3n) is 3.55. The summed E-state index contributed by atoms with van der Waals surface area (Å²) in [6.45, 7) is 4.59. The Hall–Kier alpha value is -1.29. The third-order valence-corrected chi connectivity index (χ3v) is 3.55. The van der Waals surface area contributed by atoms with Gasteiger partial charge in [-0.3, -0.25) is 4.79 Å². The van der Waals surface area contributed by atoms with Crippen LogP contribution in [0.1, 0.15) is 26.2 Å². The smallest absolute Gasteiger partial charge is 0.220 e. The van der Waals surface area contributed by atoms with Gasteiger partial charge in [-0.25, -0.2) is 0 Å². The number of nitrogens with one attached hydrogen (secondary N) is 1. The van der Waals surface area contributed by atoms with E-state index >= 15 is 0 Å². The van der Waals surface area contributed by atoms with Crippen molar-refractivity contribution in [2.45, 2.75) is 38.8 Å². The Morgan fingerprint density at radius 3 is 2.94 bits per heavy atom. The van der Waals surface area contributed by atoms with Gasteiger partial charge < -0.3 is 14.6 Å². The van der Waals surface area contributed by atoms with Crippen LogP contribution in [0, 0.1) is 5.92 Å². The molecule has 1 fully saturated rings. The molecule has 2 atom stereocenters. The maximum Gasteiger partial charge on any atom is 0.220 e. The molecule has 1 N–H and O–H groups in total. The summed E-state index contributed by atoms with van der Waals surface area (Å²) in [6, 6.07) is 4.23. The second kappa shape index (κ2) is 6.59. The largest absolute Gasteiger partial charge is 0.381 e. The lowest BCUT2D eigenvalue weighted by atomic mass is 10.0. The number of ether oxygens (including phenoxy) is 1. The molecule has 1 aliphatic heterocycles. The van der Waals surface area contributed by atoms with Crippen LogP contribution in [0.4, 0.5) is 0 Å². The zero-order chi connectivity index (χ0) is 12.8. The molecule has 0 spiro atoms. The molecule has 0 aromatic carbocycles. The highest BCUT2D eigenvalue weighted by Crippen LogP contribution is 2.16. The standard InChI is InChI=1S/C14H22N2O2/c1-12(13-6-10-18-11-13)15-14(17)5-4-9-16-7-2-3-8-16/h2-3,7-8,12-13H,4-6,9-11H2,1H3,(H,15,17)/t12-,13+/m1/s1. The van der Waals surface area contributed by atoms with E-state index in [0.29, 0.717) is 12.3 Å². The van der Waals surface area contributed by atoms with Gasteiger partial charge >= 0.3 is 0 Å². The van der Waals surface area contributed by atoms with Gasteiger partial charge in [0.25, 0.3) is 0 Å². The summed E-state index contributed by atoms with van der Waals surface area (Å²) in [4.78, 5) is 11.8.